The van der Waals surface area contributed by atoms with Crippen LogP contribution in [0.15, 0.2) is 35.3 Å². The Morgan fingerprint density at radius 2 is 1.88 bits per heavy atom. The summed E-state index contributed by atoms with van der Waals surface area (Å²) in [4.78, 5) is 33.3. The van der Waals surface area contributed by atoms with Gasteiger partial charge >= 0.3 is 0 Å². The van der Waals surface area contributed by atoms with Crippen molar-refractivity contribution in [3.8, 4) is 0 Å². The van der Waals surface area contributed by atoms with Gasteiger partial charge in [0.15, 0.2) is 0 Å². The van der Waals surface area contributed by atoms with Crippen molar-refractivity contribution in [3.05, 3.63) is 46.2 Å². The lowest BCUT2D eigenvalue weighted by molar-refractivity contribution is 0.0689. The fraction of sp³-hybridized carbons (Fsp3) is 0.500. The molecule has 1 N–H and O–H groups in total. The average Bonchev–Trinajstić information content (AvgIpc) is 3.11. The Morgan fingerprint density at radius 3 is 2.72 bits per heavy atom. The van der Waals surface area contributed by atoms with E-state index < -0.39 is 0 Å². The van der Waals surface area contributed by atoms with Gasteiger partial charge in [-0.05, 0) is 50.9 Å². The number of nitrogens with zero attached hydrogens (tertiary/aromatic N) is 2. The number of aromatic nitrogens is 1. The van der Waals surface area contributed by atoms with E-state index in [1.54, 1.807) is 12.3 Å². The van der Waals surface area contributed by atoms with Crippen LogP contribution < -0.4 is 5.43 Å². The summed E-state index contributed by atoms with van der Waals surface area (Å²) in [5.74, 6) is -0.119. The van der Waals surface area contributed by atoms with E-state index in [-0.39, 0.29) is 22.9 Å². The van der Waals surface area contributed by atoms with Crippen LogP contribution in [0.25, 0.3) is 10.9 Å². The normalized spacial score (nSPS) is 21.8. The predicted octanol–water partition coefficient (Wildman–Crippen LogP) is 2.62. The molecule has 0 spiro atoms. The van der Waals surface area contributed by atoms with Crippen molar-refractivity contribution < 1.29 is 4.79 Å². The van der Waals surface area contributed by atoms with Gasteiger partial charge in [0.25, 0.3) is 5.91 Å². The molecule has 2 aliphatic rings. The largest absolute Gasteiger partial charge is 0.360 e. The number of aromatic amines is 1. The minimum Gasteiger partial charge on any atom is -0.360 e. The number of benzene rings is 1. The number of carbonyl (C=O) groups is 1. The number of H-pyrrole nitrogens is 1. The monoisotopic (exact) mass is 339 g/mol. The zero-order valence-electron chi connectivity index (χ0n) is 14.5. The summed E-state index contributed by atoms with van der Waals surface area (Å²) in [6, 6.07) is 7.59. The molecule has 2 aliphatic heterocycles. The maximum atomic E-state index is 13.1. The van der Waals surface area contributed by atoms with Crippen molar-refractivity contribution in [2.45, 2.75) is 38.1 Å². The third-order valence-corrected chi connectivity index (χ3v) is 5.57. The number of rotatable bonds is 3. The molecule has 4 rings (SSSR count). The average molecular weight is 339 g/mol. The van der Waals surface area contributed by atoms with E-state index in [0.717, 1.165) is 44.5 Å². The first-order valence-electron chi connectivity index (χ1n) is 9.38. The Balaban J connectivity index is 1.57. The molecule has 1 atom stereocenters. The van der Waals surface area contributed by atoms with Gasteiger partial charge in [-0.2, -0.15) is 0 Å². The second-order valence-corrected chi connectivity index (χ2v) is 7.23. The maximum Gasteiger partial charge on any atom is 0.259 e. The first kappa shape index (κ1) is 16.3. The fourth-order valence-electron chi connectivity index (χ4n) is 4.21. The molecule has 0 bridgehead atoms. The van der Waals surface area contributed by atoms with Gasteiger partial charge in [-0.1, -0.05) is 18.6 Å². The van der Waals surface area contributed by atoms with E-state index in [1.807, 2.05) is 23.1 Å². The van der Waals surface area contributed by atoms with Crippen molar-refractivity contribution in [3.63, 3.8) is 0 Å². The van der Waals surface area contributed by atoms with Crippen LogP contribution in [-0.4, -0.2) is 52.9 Å². The molecule has 1 unspecified atom stereocenters. The topological polar surface area (TPSA) is 56.4 Å². The molecule has 2 fully saturated rings. The SMILES string of the molecule is O=C(c1c[nH]c2ccccc2c1=O)N1CCCC1CN1CCCCC1. The molecule has 1 amide bonds. The summed E-state index contributed by atoms with van der Waals surface area (Å²) in [5.41, 5.74) is 0.877. The van der Waals surface area contributed by atoms with E-state index in [4.69, 9.17) is 0 Å². The molecular formula is C20H25N3O2. The van der Waals surface area contributed by atoms with Crippen LogP contribution in [0.4, 0.5) is 0 Å². The highest BCUT2D eigenvalue weighted by Crippen LogP contribution is 2.22. The van der Waals surface area contributed by atoms with Crippen molar-refractivity contribution in [2.24, 2.45) is 0 Å². The summed E-state index contributed by atoms with van der Waals surface area (Å²) < 4.78 is 0. The number of likely N-dealkylation sites (tertiary alicyclic amines) is 2. The number of carbonyl (C=O) groups excluding carboxylic acids is 1. The highest BCUT2D eigenvalue weighted by atomic mass is 16.2. The Bertz CT molecular complexity index is 823. The number of hydrogen-bond acceptors (Lipinski definition) is 3. The van der Waals surface area contributed by atoms with Crippen molar-refractivity contribution in [1.29, 1.82) is 0 Å². The smallest absolute Gasteiger partial charge is 0.259 e. The molecule has 25 heavy (non-hydrogen) atoms. The molecule has 5 heteroatoms. The summed E-state index contributed by atoms with van der Waals surface area (Å²) in [7, 11) is 0. The second-order valence-electron chi connectivity index (χ2n) is 7.23. The summed E-state index contributed by atoms with van der Waals surface area (Å²) >= 11 is 0. The standard InChI is InChI=1S/C20H25N3O2/c24-19-16-8-2-3-9-18(16)21-13-17(19)20(25)23-12-6-7-15(23)14-22-10-4-1-5-11-22/h2-3,8-9,13,15H,1,4-7,10-12,14H2,(H,21,24). The number of amides is 1. The summed E-state index contributed by atoms with van der Waals surface area (Å²) in [5, 5.41) is 0.583. The zero-order chi connectivity index (χ0) is 17.2. The number of fused-ring (bicyclic) bond motifs is 1. The molecule has 0 saturated carbocycles. The van der Waals surface area contributed by atoms with Gasteiger partial charge in [0.2, 0.25) is 5.43 Å². The fourth-order valence-corrected chi connectivity index (χ4v) is 4.21. The van der Waals surface area contributed by atoms with Crippen LogP contribution >= 0.6 is 0 Å². The minimum atomic E-state index is -0.164. The van der Waals surface area contributed by atoms with Crippen LogP contribution in [0.3, 0.4) is 0 Å². The predicted molar refractivity (Wildman–Crippen MR) is 98.9 cm³/mol. The Hall–Kier alpha value is -2.14. The highest BCUT2D eigenvalue weighted by molar-refractivity contribution is 5.97. The van der Waals surface area contributed by atoms with E-state index in [0.29, 0.717) is 5.39 Å². The maximum absolute atomic E-state index is 13.1. The van der Waals surface area contributed by atoms with Gasteiger partial charge in [-0.15, -0.1) is 0 Å². The molecule has 1 aromatic heterocycles. The van der Waals surface area contributed by atoms with Crippen molar-refractivity contribution in [2.75, 3.05) is 26.2 Å². The third kappa shape index (κ3) is 3.21. The van der Waals surface area contributed by atoms with Gasteiger partial charge in [0.1, 0.15) is 5.56 Å². The van der Waals surface area contributed by atoms with Gasteiger partial charge in [-0.3, -0.25) is 9.59 Å². The second kappa shape index (κ2) is 7.00. The number of pyridine rings is 1. The quantitative estimate of drug-likeness (QED) is 0.935. The Morgan fingerprint density at radius 1 is 1.08 bits per heavy atom. The van der Waals surface area contributed by atoms with Crippen LogP contribution in [-0.2, 0) is 0 Å². The van der Waals surface area contributed by atoms with Crippen LogP contribution in [0.2, 0.25) is 0 Å². The first-order chi connectivity index (χ1) is 12.2. The van der Waals surface area contributed by atoms with Crippen LogP contribution in [0.1, 0.15) is 42.5 Å². The minimum absolute atomic E-state index is 0.119. The van der Waals surface area contributed by atoms with Gasteiger partial charge in [0, 0.05) is 36.2 Å². The van der Waals surface area contributed by atoms with Gasteiger partial charge in [0.05, 0.1) is 0 Å². The number of hydrogen-bond donors (Lipinski definition) is 1. The third-order valence-electron chi connectivity index (χ3n) is 5.57. The zero-order valence-corrected chi connectivity index (χ0v) is 14.5. The van der Waals surface area contributed by atoms with Crippen molar-refractivity contribution in [1.82, 2.24) is 14.8 Å². The van der Waals surface area contributed by atoms with E-state index in [2.05, 4.69) is 9.88 Å². The Kier molecular flexibility index (Phi) is 4.57. The summed E-state index contributed by atoms with van der Waals surface area (Å²) in [6.45, 7) is 3.96. The highest BCUT2D eigenvalue weighted by Gasteiger charge is 2.32. The molecule has 5 nitrogen and oxygen atoms in total. The van der Waals surface area contributed by atoms with Gasteiger partial charge < -0.3 is 14.8 Å². The van der Waals surface area contributed by atoms with E-state index in [9.17, 15) is 9.59 Å². The van der Waals surface area contributed by atoms with Crippen LogP contribution in [0, 0.1) is 0 Å². The van der Waals surface area contributed by atoms with E-state index in [1.165, 1.54) is 19.3 Å². The number of piperidine rings is 1. The number of nitrogens with one attached hydrogen (secondary N) is 1. The Labute approximate surface area is 147 Å². The molecule has 1 aromatic carbocycles. The van der Waals surface area contributed by atoms with Gasteiger partial charge in [-0.25, -0.2) is 0 Å². The lowest BCUT2D eigenvalue weighted by Crippen LogP contribution is -2.45. The molecule has 0 radical (unpaired) electrons. The summed E-state index contributed by atoms with van der Waals surface area (Å²) in [6.07, 6.45) is 7.47. The molecule has 3 heterocycles. The van der Waals surface area contributed by atoms with E-state index >= 15 is 0 Å². The molecule has 0 aliphatic carbocycles. The molecule has 2 aromatic rings. The number of para-hydroxylation sites is 1. The molecule has 132 valence electrons. The molecule has 2 saturated heterocycles. The van der Waals surface area contributed by atoms with Crippen molar-refractivity contribution >= 4 is 16.8 Å². The van der Waals surface area contributed by atoms with Crippen LogP contribution in [0.5, 0.6) is 0 Å². The lowest BCUT2D eigenvalue weighted by atomic mass is 10.1. The molecular weight excluding hydrogens is 314 g/mol. The first-order valence-corrected chi connectivity index (χ1v) is 9.38. The lowest BCUT2D eigenvalue weighted by Gasteiger charge is -2.33.